The monoisotopic (exact) mass is 293 g/mol. The summed E-state index contributed by atoms with van der Waals surface area (Å²) in [5.74, 6) is 0.0258. The van der Waals surface area contributed by atoms with Gasteiger partial charge in [-0.3, -0.25) is 9.69 Å². The predicted molar refractivity (Wildman–Crippen MR) is 69.0 cm³/mol. The van der Waals surface area contributed by atoms with Gasteiger partial charge >= 0.3 is 6.18 Å². The summed E-state index contributed by atoms with van der Waals surface area (Å²) < 4.78 is 36.8. The lowest BCUT2D eigenvalue weighted by atomic mass is 9.75. The fourth-order valence-corrected chi connectivity index (χ4v) is 2.92. The molecule has 7 heteroatoms. The van der Waals surface area contributed by atoms with E-state index in [4.69, 9.17) is 5.73 Å². The van der Waals surface area contributed by atoms with Gasteiger partial charge in [0.2, 0.25) is 5.91 Å². The number of carbonyl (C=O) groups is 1. The van der Waals surface area contributed by atoms with Gasteiger partial charge in [0.1, 0.15) is 0 Å². The minimum absolute atomic E-state index is 0.0820. The van der Waals surface area contributed by atoms with Gasteiger partial charge in [-0.1, -0.05) is 0 Å². The number of amides is 1. The minimum Gasteiger partial charge on any atom is -0.356 e. The van der Waals surface area contributed by atoms with Crippen LogP contribution in [-0.2, 0) is 4.79 Å². The molecule has 0 spiro atoms. The van der Waals surface area contributed by atoms with Gasteiger partial charge in [-0.25, -0.2) is 0 Å². The van der Waals surface area contributed by atoms with Crippen LogP contribution in [0.3, 0.4) is 0 Å². The number of rotatable bonds is 5. The lowest BCUT2D eigenvalue weighted by molar-refractivity contribution is -0.143. The molecule has 1 heterocycles. The van der Waals surface area contributed by atoms with E-state index >= 15 is 0 Å². The highest BCUT2D eigenvalue weighted by Crippen LogP contribution is 2.32. The lowest BCUT2D eigenvalue weighted by Crippen LogP contribution is -2.50. The fourth-order valence-electron chi connectivity index (χ4n) is 2.92. The van der Waals surface area contributed by atoms with Crippen molar-refractivity contribution in [3.63, 3.8) is 0 Å². The normalized spacial score (nSPS) is 26.3. The molecule has 1 atom stereocenters. The Morgan fingerprint density at radius 3 is 2.65 bits per heavy atom. The van der Waals surface area contributed by atoms with Crippen molar-refractivity contribution in [1.82, 2.24) is 10.2 Å². The Bertz CT molecular complexity index is 355. The van der Waals surface area contributed by atoms with Crippen LogP contribution in [0.4, 0.5) is 13.2 Å². The Kier molecular flexibility index (Phi) is 4.59. The van der Waals surface area contributed by atoms with E-state index in [1.54, 1.807) is 0 Å². The molecular formula is C13H22F3N3O. The third-order valence-corrected chi connectivity index (χ3v) is 4.22. The zero-order chi connectivity index (χ0) is 14.8. The van der Waals surface area contributed by atoms with Crippen LogP contribution >= 0.6 is 0 Å². The Morgan fingerprint density at radius 1 is 1.40 bits per heavy atom. The number of halogens is 3. The third-order valence-electron chi connectivity index (χ3n) is 4.22. The van der Waals surface area contributed by atoms with Gasteiger partial charge in [0, 0.05) is 25.0 Å². The molecule has 2 fully saturated rings. The highest BCUT2D eigenvalue weighted by molar-refractivity contribution is 5.77. The van der Waals surface area contributed by atoms with Crippen LogP contribution in [0.15, 0.2) is 0 Å². The van der Waals surface area contributed by atoms with Crippen LogP contribution in [0.5, 0.6) is 0 Å². The molecule has 1 aliphatic carbocycles. The number of alkyl halides is 3. The molecule has 2 aliphatic rings. The van der Waals surface area contributed by atoms with Crippen LogP contribution in [0, 0.1) is 5.92 Å². The fraction of sp³-hybridized carbons (Fsp3) is 0.923. The topological polar surface area (TPSA) is 58.4 Å². The molecule has 1 aliphatic heterocycles. The SMILES string of the molecule is NC1(CC(=O)NCC2CCN(CC(F)(F)F)C2)CCC1. The average Bonchev–Trinajstić information content (AvgIpc) is 2.69. The second-order valence-corrected chi connectivity index (χ2v) is 6.20. The van der Waals surface area contributed by atoms with Crippen molar-refractivity contribution in [2.45, 2.75) is 43.8 Å². The maximum Gasteiger partial charge on any atom is 0.401 e. The summed E-state index contributed by atoms with van der Waals surface area (Å²) in [6, 6.07) is 0. The Hall–Kier alpha value is -0.820. The minimum atomic E-state index is -4.14. The zero-order valence-electron chi connectivity index (χ0n) is 11.5. The van der Waals surface area contributed by atoms with Gasteiger partial charge in [0.05, 0.1) is 6.54 Å². The van der Waals surface area contributed by atoms with Gasteiger partial charge in [0.15, 0.2) is 0 Å². The largest absolute Gasteiger partial charge is 0.401 e. The van der Waals surface area contributed by atoms with Gasteiger partial charge in [-0.05, 0) is 38.1 Å². The molecule has 0 aromatic rings. The Morgan fingerprint density at radius 2 is 2.10 bits per heavy atom. The first-order chi connectivity index (χ1) is 9.26. The number of nitrogens with zero attached hydrogens (tertiary/aromatic N) is 1. The van der Waals surface area contributed by atoms with Gasteiger partial charge in [-0.15, -0.1) is 0 Å². The molecule has 116 valence electrons. The van der Waals surface area contributed by atoms with E-state index in [1.807, 2.05) is 0 Å². The second kappa shape index (κ2) is 5.89. The molecule has 3 N–H and O–H groups in total. The number of hydrogen-bond donors (Lipinski definition) is 2. The standard InChI is InChI=1S/C13H22F3N3O/c14-13(15,16)9-19-5-2-10(8-19)7-18-11(20)6-12(17)3-1-4-12/h10H,1-9,17H2,(H,18,20). The van der Waals surface area contributed by atoms with E-state index in [0.717, 1.165) is 19.3 Å². The number of carbonyl (C=O) groups excluding carboxylic acids is 1. The van der Waals surface area contributed by atoms with Crippen molar-refractivity contribution < 1.29 is 18.0 Å². The van der Waals surface area contributed by atoms with Crippen LogP contribution in [0.2, 0.25) is 0 Å². The maximum absolute atomic E-state index is 12.3. The van der Waals surface area contributed by atoms with Crippen molar-refractivity contribution in [3.8, 4) is 0 Å². The molecule has 1 amide bonds. The molecular weight excluding hydrogens is 271 g/mol. The molecule has 0 aromatic carbocycles. The maximum atomic E-state index is 12.3. The quantitative estimate of drug-likeness (QED) is 0.802. The summed E-state index contributed by atoms with van der Waals surface area (Å²) >= 11 is 0. The molecule has 4 nitrogen and oxygen atoms in total. The van der Waals surface area contributed by atoms with E-state index in [2.05, 4.69) is 5.32 Å². The number of nitrogens with two attached hydrogens (primary N) is 1. The summed E-state index contributed by atoms with van der Waals surface area (Å²) in [6.45, 7) is 0.432. The molecule has 0 aromatic heterocycles. The molecule has 1 unspecified atom stereocenters. The van der Waals surface area contributed by atoms with Gasteiger partial charge in [-0.2, -0.15) is 13.2 Å². The van der Waals surface area contributed by atoms with Crippen LogP contribution in [0.25, 0.3) is 0 Å². The van der Waals surface area contributed by atoms with Gasteiger partial charge in [0.25, 0.3) is 0 Å². The first kappa shape index (κ1) is 15.6. The molecule has 0 radical (unpaired) electrons. The first-order valence-corrected chi connectivity index (χ1v) is 7.10. The van der Waals surface area contributed by atoms with Crippen molar-refractivity contribution in [2.24, 2.45) is 11.7 Å². The van der Waals surface area contributed by atoms with Crippen molar-refractivity contribution in [1.29, 1.82) is 0 Å². The first-order valence-electron chi connectivity index (χ1n) is 7.10. The van der Waals surface area contributed by atoms with Crippen LogP contribution in [-0.4, -0.2) is 48.7 Å². The van der Waals surface area contributed by atoms with Crippen molar-refractivity contribution >= 4 is 5.91 Å². The number of hydrogen-bond acceptors (Lipinski definition) is 3. The molecule has 20 heavy (non-hydrogen) atoms. The smallest absolute Gasteiger partial charge is 0.356 e. The van der Waals surface area contributed by atoms with Crippen molar-refractivity contribution in [2.75, 3.05) is 26.2 Å². The average molecular weight is 293 g/mol. The third kappa shape index (κ3) is 4.63. The number of nitrogens with one attached hydrogen (secondary N) is 1. The number of likely N-dealkylation sites (tertiary alicyclic amines) is 1. The van der Waals surface area contributed by atoms with E-state index in [-0.39, 0.29) is 17.4 Å². The summed E-state index contributed by atoms with van der Waals surface area (Å²) in [6.07, 6.45) is -0.296. The van der Waals surface area contributed by atoms with E-state index in [9.17, 15) is 18.0 Å². The van der Waals surface area contributed by atoms with E-state index in [1.165, 1.54) is 4.90 Å². The molecule has 1 saturated carbocycles. The van der Waals surface area contributed by atoms with Crippen LogP contribution in [0.1, 0.15) is 32.1 Å². The molecule has 1 saturated heterocycles. The highest BCUT2D eigenvalue weighted by Gasteiger charge is 2.36. The highest BCUT2D eigenvalue weighted by atomic mass is 19.4. The summed E-state index contributed by atoms with van der Waals surface area (Å²) in [5.41, 5.74) is 5.64. The molecule has 0 bridgehead atoms. The Labute approximate surface area is 116 Å². The van der Waals surface area contributed by atoms with Crippen molar-refractivity contribution in [3.05, 3.63) is 0 Å². The van der Waals surface area contributed by atoms with Gasteiger partial charge < -0.3 is 11.1 Å². The van der Waals surface area contributed by atoms with E-state index < -0.39 is 12.7 Å². The second-order valence-electron chi connectivity index (χ2n) is 6.20. The zero-order valence-corrected chi connectivity index (χ0v) is 11.5. The molecule has 2 rings (SSSR count). The summed E-state index contributed by atoms with van der Waals surface area (Å²) in [5, 5.41) is 2.81. The predicted octanol–water partition coefficient (Wildman–Crippen LogP) is 1.26. The van der Waals surface area contributed by atoms with Crippen LogP contribution < -0.4 is 11.1 Å². The lowest BCUT2D eigenvalue weighted by Gasteiger charge is -2.37. The Balaban J connectivity index is 1.64. The van der Waals surface area contributed by atoms with E-state index in [0.29, 0.717) is 32.5 Å². The summed E-state index contributed by atoms with van der Waals surface area (Å²) in [4.78, 5) is 13.1. The summed E-state index contributed by atoms with van der Waals surface area (Å²) in [7, 11) is 0.